The Bertz CT molecular complexity index is 1080. The first kappa shape index (κ1) is 20.9. The number of aromatic nitrogens is 2. The Kier molecular flexibility index (Phi) is 6.21. The fourth-order valence-corrected chi connectivity index (χ4v) is 3.83. The van der Waals surface area contributed by atoms with Crippen LogP contribution in [-0.2, 0) is 0 Å². The number of rotatable bonds is 5. The Labute approximate surface area is 185 Å². The van der Waals surface area contributed by atoms with Gasteiger partial charge in [0, 0.05) is 36.8 Å². The van der Waals surface area contributed by atoms with E-state index in [2.05, 4.69) is 21.2 Å². The van der Waals surface area contributed by atoms with Gasteiger partial charge in [-0.25, -0.2) is 0 Å². The van der Waals surface area contributed by atoms with Crippen LogP contribution in [0.25, 0.3) is 11.3 Å². The molecule has 1 fully saturated rings. The number of piperazine rings is 1. The second-order valence-corrected chi connectivity index (χ2v) is 7.74. The third-order valence-electron chi connectivity index (χ3n) is 5.47. The van der Waals surface area contributed by atoms with Crippen molar-refractivity contribution in [2.45, 2.75) is 6.04 Å². The first-order chi connectivity index (χ1) is 15.1. The lowest BCUT2D eigenvalue weighted by Crippen LogP contribution is -2.49. The summed E-state index contributed by atoms with van der Waals surface area (Å²) in [5.74, 6) is 0.665. The molecule has 2 aromatic carbocycles. The van der Waals surface area contributed by atoms with E-state index in [-0.39, 0.29) is 11.9 Å². The summed E-state index contributed by atoms with van der Waals surface area (Å²) in [6, 6.07) is 18.6. The number of nitrogens with zero attached hydrogens (tertiary/aromatic N) is 4. The monoisotopic (exact) mass is 435 g/mol. The smallest absolute Gasteiger partial charge is 0.271 e. The van der Waals surface area contributed by atoms with Gasteiger partial charge in [-0.15, -0.1) is 0 Å². The molecule has 7 nitrogen and oxygen atoms in total. The molecule has 1 amide bonds. The molecule has 4 rings (SSSR count). The molecule has 0 radical (unpaired) electrons. The van der Waals surface area contributed by atoms with Crippen LogP contribution in [0.1, 0.15) is 22.1 Å². The van der Waals surface area contributed by atoms with Crippen molar-refractivity contribution in [1.29, 1.82) is 5.26 Å². The number of amides is 1. The summed E-state index contributed by atoms with van der Waals surface area (Å²) >= 11 is 5.93. The highest BCUT2D eigenvalue weighted by molar-refractivity contribution is 6.30. The van der Waals surface area contributed by atoms with Gasteiger partial charge in [0.05, 0.1) is 18.9 Å². The molecule has 1 N–H and O–H groups in total. The number of methoxy groups -OCH3 is 1. The van der Waals surface area contributed by atoms with E-state index in [1.165, 1.54) is 0 Å². The van der Waals surface area contributed by atoms with Crippen LogP contribution in [0.5, 0.6) is 5.75 Å². The largest absolute Gasteiger partial charge is 0.497 e. The van der Waals surface area contributed by atoms with Crippen molar-refractivity contribution in [3.05, 3.63) is 70.9 Å². The number of halogens is 1. The van der Waals surface area contributed by atoms with Gasteiger partial charge >= 0.3 is 0 Å². The number of ether oxygens (including phenoxy) is 1. The summed E-state index contributed by atoms with van der Waals surface area (Å²) in [5, 5.41) is 17.5. The molecule has 0 saturated carbocycles. The molecule has 3 aromatic rings. The van der Waals surface area contributed by atoms with E-state index in [1.807, 2.05) is 36.4 Å². The fraction of sp³-hybridized carbons (Fsp3) is 0.261. The second-order valence-electron chi connectivity index (χ2n) is 7.31. The van der Waals surface area contributed by atoms with Crippen molar-refractivity contribution in [2.75, 3.05) is 33.3 Å². The van der Waals surface area contributed by atoms with Crippen molar-refractivity contribution in [1.82, 2.24) is 20.0 Å². The lowest BCUT2D eigenvalue weighted by atomic mass is 10.1. The molecule has 1 aliphatic rings. The Hall–Kier alpha value is -3.34. The van der Waals surface area contributed by atoms with Crippen LogP contribution >= 0.6 is 11.6 Å². The first-order valence-corrected chi connectivity index (χ1v) is 10.3. The van der Waals surface area contributed by atoms with Gasteiger partial charge in [0.15, 0.2) is 0 Å². The number of benzene rings is 2. The summed E-state index contributed by atoms with van der Waals surface area (Å²) in [5.41, 5.74) is 2.96. The molecule has 158 valence electrons. The number of hydrogen-bond donors (Lipinski definition) is 1. The third kappa shape index (κ3) is 4.55. The zero-order valence-electron chi connectivity index (χ0n) is 17.1. The zero-order valence-corrected chi connectivity index (χ0v) is 17.8. The maximum absolute atomic E-state index is 12.9. The van der Waals surface area contributed by atoms with E-state index in [0.29, 0.717) is 42.6 Å². The van der Waals surface area contributed by atoms with Gasteiger partial charge < -0.3 is 9.64 Å². The van der Waals surface area contributed by atoms with Crippen LogP contribution in [0, 0.1) is 11.3 Å². The lowest BCUT2D eigenvalue weighted by Gasteiger charge is -2.36. The van der Waals surface area contributed by atoms with Gasteiger partial charge in [0.1, 0.15) is 17.5 Å². The summed E-state index contributed by atoms with van der Waals surface area (Å²) in [6.45, 7) is 2.33. The van der Waals surface area contributed by atoms with E-state index in [9.17, 15) is 10.1 Å². The van der Waals surface area contributed by atoms with E-state index >= 15 is 0 Å². The van der Waals surface area contributed by atoms with E-state index < -0.39 is 0 Å². The molecule has 1 unspecified atom stereocenters. The SMILES string of the molecule is COc1ccc(C(C#N)N2CCN(C(=O)c3cc(-c4ccc(Cl)cc4)n[nH]3)CC2)cc1. The quantitative estimate of drug-likeness (QED) is 0.659. The van der Waals surface area contributed by atoms with Gasteiger partial charge in [-0.2, -0.15) is 10.4 Å². The minimum Gasteiger partial charge on any atom is -0.497 e. The molecular formula is C23H22ClN5O2. The van der Waals surface area contributed by atoms with Crippen molar-refractivity contribution >= 4 is 17.5 Å². The molecule has 1 aromatic heterocycles. The van der Waals surface area contributed by atoms with Gasteiger partial charge in [0.25, 0.3) is 5.91 Å². The molecule has 1 aliphatic heterocycles. The predicted molar refractivity (Wildman–Crippen MR) is 118 cm³/mol. The average molecular weight is 436 g/mol. The predicted octanol–water partition coefficient (Wildman–Crippen LogP) is 3.76. The van der Waals surface area contributed by atoms with Crippen LogP contribution < -0.4 is 4.74 Å². The highest BCUT2D eigenvalue weighted by Gasteiger charge is 2.28. The molecule has 0 spiro atoms. The summed E-state index contributed by atoms with van der Waals surface area (Å²) < 4.78 is 5.19. The Morgan fingerprint density at radius 2 is 1.81 bits per heavy atom. The molecule has 2 heterocycles. The highest BCUT2D eigenvalue weighted by Crippen LogP contribution is 2.25. The van der Waals surface area contributed by atoms with Crippen molar-refractivity contribution in [3.8, 4) is 23.1 Å². The van der Waals surface area contributed by atoms with Gasteiger partial charge in [-0.05, 0) is 35.9 Å². The summed E-state index contributed by atoms with van der Waals surface area (Å²) in [7, 11) is 1.62. The van der Waals surface area contributed by atoms with Crippen LogP contribution in [0.15, 0.2) is 54.6 Å². The van der Waals surface area contributed by atoms with Crippen molar-refractivity contribution in [3.63, 3.8) is 0 Å². The third-order valence-corrected chi connectivity index (χ3v) is 5.72. The lowest BCUT2D eigenvalue weighted by molar-refractivity contribution is 0.0600. The normalized spacial score (nSPS) is 15.3. The van der Waals surface area contributed by atoms with Crippen LogP contribution in [0.3, 0.4) is 0 Å². The summed E-state index contributed by atoms with van der Waals surface area (Å²) in [6.07, 6.45) is 0. The fourth-order valence-electron chi connectivity index (χ4n) is 3.71. The Morgan fingerprint density at radius 1 is 1.13 bits per heavy atom. The highest BCUT2D eigenvalue weighted by atomic mass is 35.5. The van der Waals surface area contributed by atoms with E-state index in [4.69, 9.17) is 16.3 Å². The maximum atomic E-state index is 12.9. The topological polar surface area (TPSA) is 85.2 Å². The first-order valence-electron chi connectivity index (χ1n) is 9.97. The molecular weight excluding hydrogens is 414 g/mol. The van der Waals surface area contributed by atoms with Gasteiger partial charge in [-0.1, -0.05) is 35.9 Å². The van der Waals surface area contributed by atoms with Crippen LogP contribution in [-0.4, -0.2) is 59.2 Å². The van der Waals surface area contributed by atoms with Gasteiger partial charge in [0.2, 0.25) is 0 Å². The molecule has 8 heteroatoms. The number of hydrogen-bond acceptors (Lipinski definition) is 5. The van der Waals surface area contributed by atoms with Crippen molar-refractivity contribution in [2.24, 2.45) is 0 Å². The standard InChI is InChI=1S/C23H22ClN5O2/c1-31-19-8-4-17(5-9-19)22(15-25)28-10-12-29(13-11-28)23(30)21-14-20(26-27-21)16-2-6-18(24)7-3-16/h2-9,14,22H,10-13H2,1H3,(H,26,27). The number of carbonyl (C=O) groups excluding carboxylic acids is 1. The Morgan fingerprint density at radius 3 is 2.42 bits per heavy atom. The number of carbonyl (C=O) groups is 1. The molecule has 1 atom stereocenters. The zero-order chi connectivity index (χ0) is 21.8. The number of nitriles is 1. The molecule has 31 heavy (non-hydrogen) atoms. The minimum atomic E-state index is -0.355. The number of aromatic amines is 1. The molecule has 0 bridgehead atoms. The average Bonchev–Trinajstić information content (AvgIpc) is 3.31. The minimum absolute atomic E-state index is 0.0923. The van der Waals surface area contributed by atoms with Crippen LogP contribution in [0.4, 0.5) is 0 Å². The maximum Gasteiger partial charge on any atom is 0.271 e. The van der Waals surface area contributed by atoms with E-state index in [1.54, 1.807) is 30.2 Å². The summed E-state index contributed by atoms with van der Waals surface area (Å²) in [4.78, 5) is 16.8. The molecule has 0 aliphatic carbocycles. The number of H-pyrrole nitrogens is 1. The number of nitrogens with one attached hydrogen (secondary N) is 1. The second kappa shape index (κ2) is 9.21. The van der Waals surface area contributed by atoms with Crippen molar-refractivity contribution < 1.29 is 9.53 Å². The van der Waals surface area contributed by atoms with Crippen LogP contribution in [0.2, 0.25) is 5.02 Å². The Balaban J connectivity index is 1.39. The van der Waals surface area contributed by atoms with Gasteiger partial charge in [-0.3, -0.25) is 14.8 Å². The molecule has 1 saturated heterocycles. The van der Waals surface area contributed by atoms with E-state index in [0.717, 1.165) is 16.9 Å².